The van der Waals surface area contributed by atoms with Gasteiger partial charge >= 0.3 is 0 Å². The number of amides is 1. The van der Waals surface area contributed by atoms with Crippen LogP contribution >= 0.6 is 0 Å². The minimum atomic E-state index is -0.320. The van der Waals surface area contributed by atoms with E-state index in [2.05, 4.69) is 15.4 Å². The fraction of sp³-hybridized carbons (Fsp3) is 0.174. The van der Waals surface area contributed by atoms with E-state index in [1.54, 1.807) is 22.9 Å². The number of hydrogen-bond acceptors (Lipinski definition) is 3. The highest BCUT2D eigenvalue weighted by Gasteiger charge is 2.20. The molecule has 5 nitrogen and oxygen atoms in total. The summed E-state index contributed by atoms with van der Waals surface area (Å²) in [5.41, 5.74) is 6.07. The molecule has 0 saturated carbocycles. The standard InChI is InChI=1S/C23H21FN4O/c1-13-6-5-7-20(15(13)3)26-23(29)19-12-14(2)25-22-21(19)16(4)27-28(22)18-10-8-17(24)9-11-18/h5-12H,1-4H3,(H,26,29). The SMILES string of the molecule is Cc1cc(C(=O)Nc2cccc(C)c2C)c2c(C)nn(-c3ccc(F)cc3)c2n1. The Morgan fingerprint density at radius 3 is 2.48 bits per heavy atom. The number of carbonyl (C=O) groups is 1. The van der Waals surface area contributed by atoms with Crippen LogP contribution in [0, 0.1) is 33.5 Å². The third-order valence-electron chi connectivity index (χ3n) is 5.11. The summed E-state index contributed by atoms with van der Waals surface area (Å²) in [6, 6.07) is 13.6. The number of hydrogen-bond donors (Lipinski definition) is 1. The third kappa shape index (κ3) is 3.38. The molecule has 0 aliphatic heterocycles. The predicted molar refractivity (Wildman–Crippen MR) is 112 cm³/mol. The van der Waals surface area contributed by atoms with E-state index in [9.17, 15) is 9.18 Å². The first kappa shape index (κ1) is 18.8. The maximum Gasteiger partial charge on any atom is 0.256 e. The monoisotopic (exact) mass is 388 g/mol. The van der Waals surface area contributed by atoms with Crippen LogP contribution in [0.3, 0.4) is 0 Å². The molecular weight excluding hydrogens is 367 g/mol. The Morgan fingerprint density at radius 2 is 1.76 bits per heavy atom. The van der Waals surface area contributed by atoms with E-state index < -0.39 is 0 Å². The molecule has 2 aromatic heterocycles. The molecule has 4 rings (SSSR count). The molecule has 1 N–H and O–H groups in total. The number of nitrogens with zero attached hydrogens (tertiary/aromatic N) is 3. The first-order valence-electron chi connectivity index (χ1n) is 9.35. The van der Waals surface area contributed by atoms with Crippen molar-refractivity contribution in [3.63, 3.8) is 0 Å². The zero-order valence-corrected chi connectivity index (χ0v) is 16.7. The van der Waals surface area contributed by atoms with Gasteiger partial charge in [-0.2, -0.15) is 5.10 Å². The van der Waals surface area contributed by atoms with Crippen molar-refractivity contribution in [2.75, 3.05) is 5.32 Å². The van der Waals surface area contributed by atoms with Gasteiger partial charge in [-0.1, -0.05) is 12.1 Å². The van der Waals surface area contributed by atoms with Crippen LogP contribution in [0.1, 0.15) is 32.9 Å². The van der Waals surface area contributed by atoms with Crippen LogP contribution in [0.2, 0.25) is 0 Å². The fourth-order valence-corrected chi connectivity index (χ4v) is 3.43. The topological polar surface area (TPSA) is 59.8 Å². The molecule has 0 fully saturated rings. The van der Waals surface area contributed by atoms with Crippen LogP contribution in [0.5, 0.6) is 0 Å². The van der Waals surface area contributed by atoms with E-state index in [1.165, 1.54) is 12.1 Å². The Kier molecular flexibility index (Phi) is 4.62. The molecule has 2 aromatic carbocycles. The highest BCUT2D eigenvalue weighted by atomic mass is 19.1. The molecule has 146 valence electrons. The highest BCUT2D eigenvalue weighted by Crippen LogP contribution is 2.26. The number of pyridine rings is 1. The lowest BCUT2D eigenvalue weighted by Gasteiger charge is -2.12. The molecule has 1 amide bonds. The fourth-order valence-electron chi connectivity index (χ4n) is 3.43. The first-order valence-corrected chi connectivity index (χ1v) is 9.35. The summed E-state index contributed by atoms with van der Waals surface area (Å²) in [5, 5.41) is 8.26. The molecular formula is C23H21FN4O. The lowest BCUT2D eigenvalue weighted by atomic mass is 10.1. The number of aryl methyl sites for hydroxylation is 3. The van der Waals surface area contributed by atoms with Crippen molar-refractivity contribution in [2.45, 2.75) is 27.7 Å². The summed E-state index contributed by atoms with van der Waals surface area (Å²) in [7, 11) is 0. The van der Waals surface area contributed by atoms with E-state index in [1.807, 2.05) is 45.9 Å². The number of halogens is 1. The molecule has 4 aromatic rings. The van der Waals surface area contributed by atoms with E-state index in [-0.39, 0.29) is 11.7 Å². The average molecular weight is 388 g/mol. The average Bonchev–Trinajstić information content (AvgIpc) is 3.01. The molecule has 0 aliphatic rings. The van der Waals surface area contributed by atoms with Crippen LogP contribution < -0.4 is 5.32 Å². The van der Waals surface area contributed by atoms with E-state index in [0.29, 0.717) is 33.7 Å². The van der Waals surface area contributed by atoms with Crippen LogP contribution in [-0.2, 0) is 0 Å². The maximum atomic E-state index is 13.3. The van der Waals surface area contributed by atoms with Gasteiger partial charge < -0.3 is 5.32 Å². The highest BCUT2D eigenvalue weighted by molar-refractivity contribution is 6.13. The normalized spacial score (nSPS) is 11.1. The lowest BCUT2D eigenvalue weighted by Crippen LogP contribution is -2.14. The van der Waals surface area contributed by atoms with Gasteiger partial charge in [-0.15, -0.1) is 0 Å². The van der Waals surface area contributed by atoms with Gasteiger partial charge in [0.2, 0.25) is 0 Å². The molecule has 0 atom stereocenters. The number of fused-ring (bicyclic) bond motifs is 1. The molecule has 0 unspecified atom stereocenters. The number of benzene rings is 2. The van der Waals surface area contributed by atoms with Crippen molar-refractivity contribution in [3.05, 3.63) is 82.4 Å². The van der Waals surface area contributed by atoms with Gasteiger partial charge in [-0.3, -0.25) is 4.79 Å². The summed E-state index contributed by atoms with van der Waals surface area (Å²) in [6.07, 6.45) is 0. The van der Waals surface area contributed by atoms with Gasteiger partial charge in [0.25, 0.3) is 5.91 Å². The largest absolute Gasteiger partial charge is 0.322 e. The lowest BCUT2D eigenvalue weighted by molar-refractivity contribution is 0.102. The van der Waals surface area contributed by atoms with Crippen molar-refractivity contribution >= 4 is 22.6 Å². The summed E-state index contributed by atoms with van der Waals surface area (Å²) < 4.78 is 15.0. The van der Waals surface area contributed by atoms with Gasteiger partial charge in [0.15, 0.2) is 5.65 Å². The second-order valence-corrected chi connectivity index (χ2v) is 7.19. The molecule has 29 heavy (non-hydrogen) atoms. The number of rotatable bonds is 3. The maximum absolute atomic E-state index is 13.3. The van der Waals surface area contributed by atoms with Crippen molar-refractivity contribution in [3.8, 4) is 5.69 Å². The number of anilines is 1. The van der Waals surface area contributed by atoms with Crippen LogP contribution in [-0.4, -0.2) is 20.7 Å². The van der Waals surface area contributed by atoms with E-state index >= 15 is 0 Å². The van der Waals surface area contributed by atoms with Crippen molar-refractivity contribution in [2.24, 2.45) is 0 Å². The Labute approximate surface area is 168 Å². The summed E-state index contributed by atoms with van der Waals surface area (Å²) in [4.78, 5) is 17.8. The molecule has 0 spiro atoms. The van der Waals surface area contributed by atoms with Crippen LogP contribution in [0.25, 0.3) is 16.7 Å². The smallest absolute Gasteiger partial charge is 0.256 e. The van der Waals surface area contributed by atoms with Gasteiger partial charge in [0.1, 0.15) is 5.82 Å². The van der Waals surface area contributed by atoms with Crippen molar-refractivity contribution in [1.82, 2.24) is 14.8 Å². The summed E-state index contributed by atoms with van der Waals surface area (Å²) >= 11 is 0. The molecule has 0 saturated heterocycles. The number of aromatic nitrogens is 3. The summed E-state index contributed by atoms with van der Waals surface area (Å²) in [6.45, 7) is 7.67. The minimum Gasteiger partial charge on any atom is -0.322 e. The van der Waals surface area contributed by atoms with Crippen molar-refractivity contribution in [1.29, 1.82) is 0 Å². The quantitative estimate of drug-likeness (QED) is 0.534. The Hall–Kier alpha value is -3.54. The molecule has 0 aliphatic carbocycles. The zero-order chi connectivity index (χ0) is 20.7. The van der Waals surface area contributed by atoms with E-state index in [4.69, 9.17) is 0 Å². The second-order valence-electron chi connectivity index (χ2n) is 7.19. The van der Waals surface area contributed by atoms with Crippen LogP contribution in [0.15, 0.2) is 48.5 Å². The number of carbonyl (C=O) groups excluding carboxylic acids is 1. The molecule has 2 heterocycles. The molecule has 6 heteroatoms. The van der Waals surface area contributed by atoms with Gasteiger partial charge in [0.05, 0.1) is 22.3 Å². The first-order chi connectivity index (χ1) is 13.8. The Morgan fingerprint density at radius 1 is 1.03 bits per heavy atom. The number of nitrogens with one attached hydrogen (secondary N) is 1. The molecule has 0 radical (unpaired) electrons. The van der Waals surface area contributed by atoms with Gasteiger partial charge in [-0.05, 0) is 75.2 Å². The van der Waals surface area contributed by atoms with Crippen molar-refractivity contribution < 1.29 is 9.18 Å². The second kappa shape index (κ2) is 7.13. The Bertz CT molecular complexity index is 1240. The zero-order valence-electron chi connectivity index (χ0n) is 16.7. The third-order valence-corrected chi connectivity index (χ3v) is 5.11. The van der Waals surface area contributed by atoms with Gasteiger partial charge in [0, 0.05) is 11.4 Å². The van der Waals surface area contributed by atoms with Crippen LogP contribution in [0.4, 0.5) is 10.1 Å². The van der Waals surface area contributed by atoms with E-state index in [0.717, 1.165) is 16.8 Å². The summed E-state index contributed by atoms with van der Waals surface area (Å²) in [5.74, 6) is -0.532. The van der Waals surface area contributed by atoms with Gasteiger partial charge in [-0.25, -0.2) is 14.1 Å². The Balaban J connectivity index is 1.84. The minimum absolute atomic E-state index is 0.212. The predicted octanol–water partition coefficient (Wildman–Crippen LogP) is 5.05. The molecule has 0 bridgehead atoms.